The van der Waals surface area contributed by atoms with Crippen LogP contribution in [0.1, 0.15) is 28.4 Å². The molecule has 0 bridgehead atoms. The summed E-state index contributed by atoms with van der Waals surface area (Å²) >= 11 is 0. The number of aromatic amines is 1. The molecule has 0 aliphatic carbocycles. The number of hydrogen-bond donors (Lipinski definition) is 1. The van der Waals surface area contributed by atoms with E-state index in [2.05, 4.69) is 21.2 Å². The predicted octanol–water partition coefficient (Wildman–Crippen LogP) is 4.12. The van der Waals surface area contributed by atoms with Crippen LogP contribution in [0.25, 0.3) is 11.3 Å². The molecular weight excluding hydrogens is 324 g/mol. The van der Waals surface area contributed by atoms with Crippen LogP contribution in [-0.2, 0) is 12.8 Å². The molecule has 0 radical (unpaired) electrons. The Hall–Kier alpha value is -3.65. The van der Waals surface area contributed by atoms with E-state index >= 15 is 0 Å². The molecule has 5 heteroatoms. The van der Waals surface area contributed by atoms with Crippen LogP contribution in [0, 0.1) is 11.3 Å². The Morgan fingerprint density at radius 3 is 2.58 bits per heavy atom. The molecule has 0 fully saturated rings. The second-order valence-corrected chi connectivity index (χ2v) is 6.06. The van der Waals surface area contributed by atoms with Crippen LogP contribution in [0.5, 0.6) is 0 Å². The van der Waals surface area contributed by atoms with Crippen molar-refractivity contribution < 1.29 is 4.52 Å². The topological polar surface area (TPSA) is 78.5 Å². The smallest absolute Gasteiger partial charge is 0.144 e. The molecule has 4 rings (SSSR count). The molecule has 0 spiro atoms. The van der Waals surface area contributed by atoms with Crippen LogP contribution < -0.4 is 0 Å². The van der Waals surface area contributed by atoms with Crippen LogP contribution in [-0.4, -0.2) is 15.1 Å². The summed E-state index contributed by atoms with van der Waals surface area (Å²) in [4.78, 5) is 7.75. The van der Waals surface area contributed by atoms with E-state index in [1.807, 2.05) is 66.9 Å². The van der Waals surface area contributed by atoms with Gasteiger partial charge in [0.15, 0.2) is 0 Å². The Bertz CT molecular complexity index is 1040. The minimum atomic E-state index is 0.563. The summed E-state index contributed by atoms with van der Waals surface area (Å²) in [7, 11) is 0. The van der Waals surface area contributed by atoms with Crippen molar-refractivity contribution in [3.05, 3.63) is 95.3 Å². The Balaban J connectivity index is 1.43. The molecular formula is C21H16N4O. The number of H-pyrrole nitrogens is 1. The zero-order valence-corrected chi connectivity index (χ0v) is 14.0. The Morgan fingerprint density at radius 1 is 1.00 bits per heavy atom. The number of nitrogens with one attached hydrogen (secondary N) is 1. The fourth-order valence-corrected chi connectivity index (χ4v) is 2.81. The molecule has 0 saturated heterocycles. The zero-order chi connectivity index (χ0) is 17.8. The largest absolute Gasteiger partial charge is 0.360 e. The van der Waals surface area contributed by atoms with Crippen molar-refractivity contribution in [3.8, 4) is 17.3 Å². The molecule has 0 aliphatic rings. The average Bonchev–Trinajstić information content (AvgIpc) is 3.33. The van der Waals surface area contributed by atoms with E-state index in [-0.39, 0.29) is 0 Å². The van der Waals surface area contributed by atoms with E-state index < -0.39 is 0 Å². The van der Waals surface area contributed by atoms with Crippen molar-refractivity contribution in [1.29, 1.82) is 5.26 Å². The summed E-state index contributed by atoms with van der Waals surface area (Å²) in [5, 5.41) is 13.0. The van der Waals surface area contributed by atoms with Gasteiger partial charge in [-0.25, -0.2) is 4.98 Å². The van der Waals surface area contributed by atoms with Gasteiger partial charge in [-0.05, 0) is 17.7 Å². The molecule has 26 heavy (non-hydrogen) atoms. The quantitative estimate of drug-likeness (QED) is 0.593. The first-order valence-corrected chi connectivity index (χ1v) is 8.33. The number of nitrogens with zero attached hydrogens (tertiary/aromatic N) is 3. The van der Waals surface area contributed by atoms with Gasteiger partial charge in [0.25, 0.3) is 0 Å². The van der Waals surface area contributed by atoms with Gasteiger partial charge in [0, 0.05) is 29.9 Å². The first kappa shape index (κ1) is 15.9. The molecule has 2 heterocycles. The molecule has 2 aromatic carbocycles. The second kappa shape index (κ2) is 7.08. The van der Waals surface area contributed by atoms with Gasteiger partial charge in [-0.15, -0.1) is 0 Å². The first-order chi connectivity index (χ1) is 12.8. The lowest BCUT2D eigenvalue weighted by molar-refractivity contribution is 0.390. The normalized spacial score (nSPS) is 10.6. The molecule has 0 saturated carbocycles. The Morgan fingerprint density at radius 2 is 1.81 bits per heavy atom. The molecule has 0 unspecified atom stereocenters. The van der Waals surface area contributed by atoms with Crippen LogP contribution in [0.3, 0.4) is 0 Å². The molecule has 126 valence electrons. The predicted molar refractivity (Wildman–Crippen MR) is 97.3 cm³/mol. The highest BCUT2D eigenvalue weighted by atomic mass is 16.5. The summed E-state index contributed by atoms with van der Waals surface area (Å²) < 4.78 is 5.44. The van der Waals surface area contributed by atoms with Crippen LogP contribution >= 0.6 is 0 Å². The van der Waals surface area contributed by atoms with Crippen molar-refractivity contribution in [2.45, 2.75) is 12.8 Å². The van der Waals surface area contributed by atoms with Crippen molar-refractivity contribution in [3.63, 3.8) is 0 Å². The van der Waals surface area contributed by atoms with Gasteiger partial charge in [0.1, 0.15) is 17.3 Å². The lowest BCUT2D eigenvalue weighted by Crippen LogP contribution is -1.91. The third kappa shape index (κ3) is 3.55. The summed E-state index contributed by atoms with van der Waals surface area (Å²) in [5.41, 5.74) is 4.67. The van der Waals surface area contributed by atoms with E-state index in [1.165, 1.54) is 0 Å². The standard InChI is InChI=1S/C21H16N4O/c22-13-16-8-6-15(7-9-16)10-18-14-23-21(24-18)12-19-11-20(25-26-19)17-4-2-1-3-5-17/h1-9,11,14H,10,12H2,(H,23,24). The monoisotopic (exact) mass is 340 g/mol. The van der Waals surface area contributed by atoms with E-state index in [9.17, 15) is 0 Å². The van der Waals surface area contributed by atoms with Crippen molar-refractivity contribution >= 4 is 0 Å². The number of rotatable bonds is 5. The fraction of sp³-hybridized carbons (Fsp3) is 0.0952. The van der Waals surface area contributed by atoms with Crippen molar-refractivity contribution in [2.75, 3.05) is 0 Å². The lowest BCUT2D eigenvalue weighted by atomic mass is 10.1. The summed E-state index contributed by atoms with van der Waals surface area (Å²) in [6.07, 6.45) is 3.14. The molecule has 0 atom stereocenters. The minimum Gasteiger partial charge on any atom is -0.360 e. The van der Waals surface area contributed by atoms with Gasteiger partial charge >= 0.3 is 0 Å². The fourth-order valence-electron chi connectivity index (χ4n) is 2.81. The average molecular weight is 340 g/mol. The van der Waals surface area contributed by atoms with E-state index in [0.717, 1.165) is 40.5 Å². The minimum absolute atomic E-state index is 0.563. The SMILES string of the molecule is N#Cc1ccc(Cc2cnc(Cc3cc(-c4ccccc4)no3)[nH]2)cc1. The zero-order valence-electron chi connectivity index (χ0n) is 14.0. The Kier molecular flexibility index (Phi) is 4.31. The maximum absolute atomic E-state index is 8.86. The summed E-state index contributed by atoms with van der Waals surface area (Å²) in [5.74, 6) is 1.60. The van der Waals surface area contributed by atoms with Crippen molar-refractivity contribution in [1.82, 2.24) is 15.1 Å². The lowest BCUT2D eigenvalue weighted by Gasteiger charge is -1.98. The number of benzene rings is 2. The molecule has 2 aromatic heterocycles. The van der Waals surface area contributed by atoms with Gasteiger partial charge in [-0.3, -0.25) is 0 Å². The number of nitriles is 1. The maximum Gasteiger partial charge on any atom is 0.144 e. The van der Waals surface area contributed by atoms with Crippen LogP contribution in [0.4, 0.5) is 0 Å². The molecule has 5 nitrogen and oxygen atoms in total. The number of hydrogen-bond acceptors (Lipinski definition) is 4. The number of imidazole rings is 1. The van der Waals surface area contributed by atoms with Crippen LogP contribution in [0.2, 0.25) is 0 Å². The second-order valence-electron chi connectivity index (χ2n) is 6.06. The molecule has 1 N–H and O–H groups in total. The van der Waals surface area contributed by atoms with Gasteiger partial charge in [-0.2, -0.15) is 5.26 Å². The van der Waals surface area contributed by atoms with Gasteiger partial charge in [0.05, 0.1) is 18.1 Å². The van der Waals surface area contributed by atoms with E-state index in [0.29, 0.717) is 12.0 Å². The highest BCUT2D eigenvalue weighted by Crippen LogP contribution is 2.20. The third-order valence-electron chi connectivity index (χ3n) is 4.13. The van der Waals surface area contributed by atoms with E-state index in [1.54, 1.807) is 0 Å². The molecule has 0 aliphatic heterocycles. The highest BCUT2D eigenvalue weighted by Gasteiger charge is 2.09. The van der Waals surface area contributed by atoms with Crippen molar-refractivity contribution in [2.24, 2.45) is 0 Å². The molecule has 4 aromatic rings. The first-order valence-electron chi connectivity index (χ1n) is 8.33. The Labute approximate surface area is 150 Å². The van der Waals surface area contributed by atoms with Gasteiger partial charge in [-0.1, -0.05) is 47.6 Å². The summed E-state index contributed by atoms with van der Waals surface area (Å²) in [6.45, 7) is 0. The molecule has 0 amide bonds. The van der Waals surface area contributed by atoms with Gasteiger partial charge in [0.2, 0.25) is 0 Å². The van der Waals surface area contributed by atoms with Gasteiger partial charge < -0.3 is 9.51 Å². The third-order valence-corrected chi connectivity index (χ3v) is 4.13. The maximum atomic E-state index is 8.86. The van der Waals surface area contributed by atoms with E-state index in [4.69, 9.17) is 9.78 Å². The summed E-state index contributed by atoms with van der Waals surface area (Å²) in [6, 6.07) is 21.6. The van der Waals surface area contributed by atoms with Crippen LogP contribution in [0.15, 0.2) is 71.4 Å². The highest BCUT2D eigenvalue weighted by molar-refractivity contribution is 5.58. The number of aromatic nitrogens is 3.